The van der Waals surface area contributed by atoms with E-state index in [0.717, 1.165) is 47.7 Å². The number of halogens is 1. The van der Waals surface area contributed by atoms with E-state index in [-0.39, 0.29) is 29.6 Å². The maximum Gasteiger partial charge on any atom is 0.246 e. The molecule has 0 saturated carbocycles. The van der Waals surface area contributed by atoms with E-state index in [1.807, 2.05) is 22.1 Å². The van der Waals surface area contributed by atoms with Crippen molar-refractivity contribution in [2.24, 2.45) is 0 Å². The van der Waals surface area contributed by atoms with Crippen molar-refractivity contribution in [3.63, 3.8) is 0 Å². The predicted molar refractivity (Wildman–Crippen MR) is 189 cm³/mol. The Morgan fingerprint density at radius 2 is 1.82 bits per heavy atom. The van der Waals surface area contributed by atoms with Crippen LogP contribution in [0.3, 0.4) is 0 Å². The molecule has 3 aromatic rings. The number of nitrogens with zero attached hydrogens (tertiary/aromatic N) is 7. The number of ether oxygens (including phenoxy) is 1. The minimum absolute atomic E-state index is 0.0838. The van der Waals surface area contributed by atoms with Crippen molar-refractivity contribution in [2.45, 2.75) is 62.2 Å². The third kappa shape index (κ3) is 6.82. The van der Waals surface area contributed by atoms with E-state index in [1.54, 1.807) is 12.3 Å². The quantitative estimate of drug-likeness (QED) is 0.341. The second-order valence-corrected chi connectivity index (χ2v) is 15.7. The Kier molecular flexibility index (Phi) is 9.71. The topological polar surface area (TPSA) is 124 Å². The summed E-state index contributed by atoms with van der Waals surface area (Å²) in [5, 5.41) is 4.91. The van der Waals surface area contributed by atoms with Gasteiger partial charge in [0.2, 0.25) is 11.9 Å². The molecule has 0 bridgehead atoms. The van der Waals surface area contributed by atoms with Crippen molar-refractivity contribution in [1.29, 1.82) is 0 Å². The monoisotopic (exact) mass is 692 g/mol. The third-order valence-corrected chi connectivity index (χ3v) is 12.8. The highest BCUT2D eigenvalue weighted by atomic mass is 32.2. The minimum atomic E-state index is -3.10. The van der Waals surface area contributed by atoms with Gasteiger partial charge < -0.3 is 24.8 Å². The van der Waals surface area contributed by atoms with E-state index >= 15 is 0 Å². The molecule has 0 aliphatic carbocycles. The Morgan fingerprint density at radius 3 is 2.57 bits per heavy atom. The van der Waals surface area contributed by atoms with E-state index < -0.39 is 22.1 Å². The molecule has 1 aromatic carbocycles. The van der Waals surface area contributed by atoms with Crippen LogP contribution < -0.4 is 15.1 Å². The van der Waals surface area contributed by atoms with Crippen LogP contribution in [0.15, 0.2) is 49.3 Å². The Hall–Kier alpha value is -3.88. The third-order valence-electron chi connectivity index (χ3n) is 10.6. The second-order valence-electron chi connectivity index (χ2n) is 13.4. The van der Waals surface area contributed by atoms with Crippen LogP contribution in [0.1, 0.15) is 50.1 Å². The van der Waals surface area contributed by atoms with Crippen molar-refractivity contribution in [3.8, 4) is 0 Å². The average Bonchev–Trinajstić information content (AvgIpc) is 3.61. The average molecular weight is 693 g/mol. The van der Waals surface area contributed by atoms with Gasteiger partial charge in [-0.05, 0) is 73.7 Å². The molecule has 4 fully saturated rings. The van der Waals surface area contributed by atoms with Crippen molar-refractivity contribution in [2.75, 3.05) is 73.8 Å². The number of hydrogen-bond acceptors (Lipinski definition) is 11. The fourth-order valence-corrected chi connectivity index (χ4v) is 10.1. The van der Waals surface area contributed by atoms with Crippen LogP contribution in [0.2, 0.25) is 0 Å². The van der Waals surface area contributed by atoms with Gasteiger partial charge in [-0.15, -0.1) is 0 Å². The summed E-state index contributed by atoms with van der Waals surface area (Å²) in [5.74, 6) is 1.76. The van der Waals surface area contributed by atoms with Gasteiger partial charge in [-0.25, -0.2) is 22.8 Å². The lowest BCUT2D eigenvalue weighted by molar-refractivity contribution is -0.126. The fraction of sp³-hybridized carbons (Fsp3) is 0.543. The molecule has 49 heavy (non-hydrogen) atoms. The Bertz CT molecular complexity index is 1800. The van der Waals surface area contributed by atoms with Crippen LogP contribution in [-0.4, -0.2) is 115 Å². The molecule has 7 rings (SSSR count). The van der Waals surface area contributed by atoms with E-state index in [2.05, 4.69) is 43.8 Å². The van der Waals surface area contributed by atoms with Crippen LogP contribution in [-0.2, 0) is 19.4 Å². The van der Waals surface area contributed by atoms with E-state index in [1.165, 1.54) is 13.2 Å². The van der Waals surface area contributed by atoms with Gasteiger partial charge in [0.15, 0.2) is 9.84 Å². The summed E-state index contributed by atoms with van der Waals surface area (Å²) < 4.78 is 45.6. The maximum atomic E-state index is 14.6. The van der Waals surface area contributed by atoms with Gasteiger partial charge in [-0.2, -0.15) is 4.98 Å². The first kappa shape index (κ1) is 33.6. The molecule has 12 nitrogen and oxygen atoms in total. The van der Waals surface area contributed by atoms with Crippen molar-refractivity contribution in [1.82, 2.24) is 24.8 Å². The molecule has 6 heterocycles. The molecule has 4 aliphatic rings. The number of anilines is 4. The number of carbonyl (C=O) groups is 1. The largest absolute Gasteiger partial charge is 0.378 e. The number of amides is 1. The van der Waals surface area contributed by atoms with Crippen molar-refractivity contribution >= 4 is 49.8 Å². The highest BCUT2D eigenvalue weighted by Gasteiger charge is 2.36. The molecule has 1 N–H and O–H groups in total. The number of piperazine rings is 1. The van der Waals surface area contributed by atoms with Crippen LogP contribution in [0, 0.1) is 0 Å². The van der Waals surface area contributed by atoms with Crippen molar-refractivity contribution < 1.29 is 22.3 Å². The minimum Gasteiger partial charge on any atom is -0.378 e. The Balaban J connectivity index is 1.18. The first-order valence-electron chi connectivity index (χ1n) is 17.3. The molecule has 262 valence electrons. The van der Waals surface area contributed by atoms with Gasteiger partial charge >= 0.3 is 0 Å². The summed E-state index contributed by atoms with van der Waals surface area (Å²) in [4.78, 5) is 34.9. The lowest BCUT2D eigenvalue weighted by Gasteiger charge is -2.41. The molecule has 0 radical (unpaired) electrons. The number of carbonyl (C=O) groups excluding carboxylic acids is 1. The first-order valence-corrected chi connectivity index (χ1v) is 19.1. The number of fused-ring (bicyclic) bond motifs is 1. The summed E-state index contributed by atoms with van der Waals surface area (Å²) in [7, 11) is -1.56. The Labute approximate surface area is 287 Å². The van der Waals surface area contributed by atoms with Gasteiger partial charge in [0.25, 0.3) is 0 Å². The first-order chi connectivity index (χ1) is 23.8. The number of piperidine rings is 1. The van der Waals surface area contributed by atoms with Gasteiger partial charge in [-0.1, -0.05) is 12.6 Å². The summed E-state index contributed by atoms with van der Waals surface area (Å²) in [6.07, 6.45) is 8.07. The summed E-state index contributed by atoms with van der Waals surface area (Å²) >= 11 is 0. The van der Waals surface area contributed by atoms with Crippen molar-refractivity contribution in [3.05, 3.63) is 54.9 Å². The van der Waals surface area contributed by atoms with E-state index in [9.17, 15) is 17.6 Å². The molecule has 0 spiro atoms. The summed E-state index contributed by atoms with van der Waals surface area (Å²) in [6, 6.07) is 7.92. The number of hydrogen-bond donors (Lipinski definition) is 1. The number of likely N-dealkylation sites (tertiary alicyclic amines) is 1. The van der Waals surface area contributed by atoms with Gasteiger partial charge in [0, 0.05) is 69.8 Å². The number of benzene rings is 1. The number of methoxy groups -OCH3 is 1. The number of alkyl halides is 1. The molecule has 1 amide bonds. The SMILES string of the molecule is C=CC(=O)N1CCC[C@H]1c1ccc(N2CCN([C@H]3CCCCS3(=O)=O)CC2)c2cnc(Nc3ccnc(N4CC[C@@H](OC)[C@@H](F)C4)n3)cc12. The highest BCUT2D eigenvalue weighted by molar-refractivity contribution is 7.92. The van der Waals surface area contributed by atoms with E-state index in [0.29, 0.717) is 69.7 Å². The predicted octanol–water partition coefficient (Wildman–Crippen LogP) is 4.23. The maximum absolute atomic E-state index is 14.6. The molecular weight excluding hydrogens is 648 g/mol. The number of nitrogens with one attached hydrogen (secondary N) is 1. The molecule has 4 atom stereocenters. The zero-order valence-corrected chi connectivity index (χ0v) is 28.8. The summed E-state index contributed by atoms with van der Waals surface area (Å²) in [5.41, 5.74) is 2.08. The Morgan fingerprint density at radius 1 is 0.980 bits per heavy atom. The molecule has 4 saturated heterocycles. The van der Waals surface area contributed by atoms with Crippen LogP contribution >= 0.6 is 0 Å². The molecule has 2 aromatic heterocycles. The standard InChI is InChI=1S/C35H45FN8O4S/c1-3-33(45)44-14-6-7-29(44)24-9-10-28(41-16-18-42(19-17-41)34-8-4-5-20-49(34,46)47)26-22-38-32(21-25(24)26)39-31-11-13-37-35(40-31)43-15-12-30(48-2)27(36)23-43/h3,9-11,13,21-22,27,29-30,34H,1,4-8,12,14-20,23H2,2H3,(H,37,38,39,40)/t27-,29-,30+,34+/m0/s1. The van der Waals surface area contributed by atoms with Gasteiger partial charge in [0.05, 0.1) is 24.4 Å². The summed E-state index contributed by atoms with van der Waals surface area (Å²) in [6.45, 7) is 7.91. The van der Waals surface area contributed by atoms with Gasteiger partial charge in [-0.3, -0.25) is 9.69 Å². The molecule has 0 unspecified atom stereocenters. The van der Waals surface area contributed by atoms with Crippen LogP contribution in [0.5, 0.6) is 0 Å². The lowest BCUT2D eigenvalue weighted by Crippen LogP contribution is -2.53. The number of sulfone groups is 1. The van der Waals surface area contributed by atoms with Crippen LogP contribution in [0.4, 0.5) is 27.7 Å². The molecular formula is C35H45FN8O4S. The second kappa shape index (κ2) is 14.2. The number of pyridine rings is 1. The van der Waals surface area contributed by atoms with Crippen LogP contribution in [0.25, 0.3) is 10.8 Å². The normalized spacial score (nSPS) is 26.2. The smallest absolute Gasteiger partial charge is 0.246 e. The zero-order chi connectivity index (χ0) is 34.1. The highest BCUT2D eigenvalue weighted by Crippen LogP contribution is 2.40. The fourth-order valence-electron chi connectivity index (χ4n) is 7.98. The molecule has 4 aliphatic heterocycles. The van der Waals surface area contributed by atoms with Gasteiger partial charge in [0.1, 0.15) is 23.2 Å². The zero-order valence-electron chi connectivity index (χ0n) is 28.0. The number of rotatable bonds is 8. The number of aromatic nitrogens is 3. The van der Waals surface area contributed by atoms with E-state index in [4.69, 9.17) is 9.72 Å². The lowest BCUT2D eigenvalue weighted by atomic mass is 9.96. The molecule has 14 heteroatoms.